The van der Waals surface area contributed by atoms with Gasteiger partial charge in [0.2, 0.25) is 5.91 Å². The number of nitrogens with zero attached hydrogens (tertiary/aromatic N) is 1. The molecule has 1 N–H and O–H groups in total. The molecule has 1 aromatic heterocycles. The first-order chi connectivity index (χ1) is 7.63. The quantitative estimate of drug-likeness (QED) is 0.839. The molecule has 0 radical (unpaired) electrons. The summed E-state index contributed by atoms with van der Waals surface area (Å²) in [6.45, 7) is 4.05. The number of hydrogen-bond acceptors (Lipinski definition) is 2. The van der Waals surface area contributed by atoms with Gasteiger partial charge >= 0.3 is 0 Å². The average molecular weight is 285 g/mol. The molecule has 0 aliphatic heterocycles. The molecule has 0 saturated heterocycles. The van der Waals surface area contributed by atoms with E-state index in [0.29, 0.717) is 12.2 Å². The second-order valence-corrected chi connectivity index (χ2v) is 4.74. The summed E-state index contributed by atoms with van der Waals surface area (Å²) in [5, 5.41) is 2.83. The van der Waals surface area contributed by atoms with Crippen molar-refractivity contribution < 1.29 is 4.79 Å². The van der Waals surface area contributed by atoms with E-state index in [1.54, 1.807) is 6.20 Å². The molecule has 0 spiro atoms. The highest BCUT2D eigenvalue weighted by Crippen LogP contribution is 2.17. The first-order valence-electron chi connectivity index (χ1n) is 5.55. The second kappa shape index (κ2) is 6.63. The van der Waals surface area contributed by atoms with E-state index in [0.717, 1.165) is 29.3 Å². The summed E-state index contributed by atoms with van der Waals surface area (Å²) in [4.78, 5) is 15.7. The molecule has 1 aromatic rings. The van der Waals surface area contributed by atoms with Crippen LogP contribution < -0.4 is 5.32 Å². The average Bonchev–Trinajstić information content (AvgIpc) is 2.23. The minimum absolute atomic E-state index is 0.0476. The van der Waals surface area contributed by atoms with Crippen molar-refractivity contribution in [1.29, 1.82) is 0 Å². The molecule has 0 aliphatic rings. The first-order valence-corrected chi connectivity index (χ1v) is 6.34. The summed E-state index contributed by atoms with van der Waals surface area (Å²) < 4.78 is 0.925. The van der Waals surface area contributed by atoms with Crippen LogP contribution >= 0.6 is 15.9 Å². The monoisotopic (exact) mass is 284 g/mol. The normalized spacial score (nSPS) is 10.2. The number of carbonyl (C=O) groups excluding carboxylic acids is 1. The van der Waals surface area contributed by atoms with Crippen molar-refractivity contribution in [2.75, 3.05) is 5.32 Å². The molecule has 0 atom stereocenters. The summed E-state index contributed by atoms with van der Waals surface area (Å²) >= 11 is 3.34. The minimum atomic E-state index is 0.0476. The van der Waals surface area contributed by atoms with Crippen LogP contribution in [-0.4, -0.2) is 10.9 Å². The van der Waals surface area contributed by atoms with E-state index < -0.39 is 0 Å². The number of rotatable bonds is 5. The summed E-state index contributed by atoms with van der Waals surface area (Å²) in [6.07, 6.45) is 5.43. The van der Waals surface area contributed by atoms with Gasteiger partial charge in [0.05, 0.1) is 0 Å². The van der Waals surface area contributed by atoms with Crippen LogP contribution in [0.4, 0.5) is 5.82 Å². The van der Waals surface area contributed by atoms with Gasteiger partial charge in [0, 0.05) is 17.1 Å². The third-order valence-electron chi connectivity index (χ3n) is 2.31. The molecule has 0 unspecified atom stereocenters. The fourth-order valence-electron chi connectivity index (χ4n) is 1.40. The predicted molar refractivity (Wildman–Crippen MR) is 69.4 cm³/mol. The number of halogens is 1. The zero-order valence-corrected chi connectivity index (χ0v) is 11.3. The molecule has 3 nitrogen and oxygen atoms in total. The van der Waals surface area contributed by atoms with Crippen LogP contribution in [0, 0.1) is 6.92 Å². The maximum absolute atomic E-state index is 11.6. The van der Waals surface area contributed by atoms with Gasteiger partial charge in [-0.05, 0) is 40.9 Å². The Bertz CT molecular complexity index is 366. The third kappa shape index (κ3) is 4.31. The molecule has 88 valence electrons. The molecule has 1 heterocycles. The molecule has 1 amide bonds. The van der Waals surface area contributed by atoms with Crippen LogP contribution in [0.25, 0.3) is 0 Å². The highest BCUT2D eigenvalue weighted by atomic mass is 79.9. The lowest BCUT2D eigenvalue weighted by atomic mass is 10.2. The molecule has 16 heavy (non-hydrogen) atoms. The number of carbonyl (C=O) groups is 1. The molecule has 0 aliphatic carbocycles. The summed E-state index contributed by atoms with van der Waals surface area (Å²) in [5.41, 5.74) is 0.971. The molecular weight excluding hydrogens is 268 g/mol. The number of aryl methyl sites for hydroxylation is 1. The standard InChI is InChI=1S/C12H17BrN2O/c1-3-4-5-6-11(16)15-12-9(2)7-10(13)8-14-12/h7-8H,3-6H2,1-2H3,(H,14,15,16). The Morgan fingerprint density at radius 3 is 2.88 bits per heavy atom. The largest absolute Gasteiger partial charge is 0.310 e. The van der Waals surface area contributed by atoms with Crippen LogP contribution in [-0.2, 0) is 4.79 Å². The third-order valence-corrected chi connectivity index (χ3v) is 2.74. The SMILES string of the molecule is CCCCCC(=O)Nc1ncc(Br)cc1C. The van der Waals surface area contributed by atoms with Gasteiger partial charge < -0.3 is 5.32 Å². The van der Waals surface area contributed by atoms with E-state index in [1.807, 2.05) is 13.0 Å². The lowest BCUT2D eigenvalue weighted by molar-refractivity contribution is -0.116. The van der Waals surface area contributed by atoms with E-state index in [2.05, 4.69) is 33.2 Å². The maximum Gasteiger partial charge on any atom is 0.225 e. The van der Waals surface area contributed by atoms with E-state index in [-0.39, 0.29) is 5.91 Å². The Kier molecular flexibility index (Phi) is 5.46. The Hall–Kier alpha value is -0.900. The van der Waals surface area contributed by atoms with Crippen LogP contribution in [0.2, 0.25) is 0 Å². The van der Waals surface area contributed by atoms with Crippen molar-refractivity contribution in [2.24, 2.45) is 0 Å². The lowest BCUT2D eigenvalue weighted by Crippen LogP contribution is -2.13. The summed E-state index contributed by atoms with van der Waals surface area (Å²) in [5.74, 6) is 0.705. The van der Waals surface area contributed by atoms with Gasteiger partial charge in [-0.25, -0.2) is 4.98 Å². The van der Waals surface area contributed by atoms with Crippen LogP contribution in [0.5, 0.6) is 0 Å². The van der Waals surface area contributed by atoms with E-state index in [1.165, 1.54) is 0 Å². The van der Waals surface area contributed by atoms with Crippen molar-refractivity contribution in [2.45, 2.75) is 39.5 Å². The molecule has 0 saturated carbocycles. The summed E-state index contributed by atoms with van der Waals surface area (Å²) in [7, 11) is 0. The van der Waals surface area contributed by atoms with Gasteiger partial charge in [-0.1, -0.05) is 19.8 Å². The topological polar surface area (TPSA) is 42.0 Å². The van der Waals surface area contributed by atoms with Gasteiger partial charge in [-0.2, -0.15) is 0 Å². The van der Waals surface area contributed by atoms with E-state index in [9.17, 15) is 4.79 Å². The number of amides is 1. The van der Waals surface area contributed by atoms with Crippen molar-refractivity contribution in [3.05, 3.63) is 22.3 Å². The van der Waals surface area contributed by atoms with Crippen molar-refractivity contribution in [1.82, 2.24) is 4.98 Å². The van der Waals surface area contributed by atoms with Gasteiger partial charge in [-0.3, -0.25) is 4.79 Å². The zero-order chi connectivity index (χ0) is 12.0. The van der Waals surface area contributed by atoms with Gasteiger partial charge in [-0.15, -0.1) is 0 Å². The van der Waals surface area contributed by atoms with Crippen molar-refractivity contribution in [3.63, 3.8) is 0 Å². The Morgan fingerprint density at radius 1 is 1.50 bits per heavy atom. The van der Waals surface area contributed by atoms with E-state index >= 15 is 0 Å². The van der Waals surface area contributed by atoms with Gasteiger partial charge in [0.25, 0.3) is 0 Å². The number of nitrogens with one attached hydrogen (secondary N) is 1. The maximum atomic E-state index is 11.6. The number of anilines is 1. The van der Waals surface area contributed by atoms with Crippen molar-refractivity contribution in [3.8, 4) is 0 Å². The smallest absolute Gasteiger partial charge is 0.225 e. The Balaban J connectivity index is 2.49. The lowest BCUT2D eigenvalue weighted by Gasteiger charge is -2.07. The van der Waals surface area contributed by atoms with E-state index in [4.69, 9.17) is 0 Å². The van der Waals surface area contributed by atoms with Crippen LogP contribution in [0.3, 0.4) is 0 Å². The molecule has 0 bridgehead atoms. The first kappa shape index (κ1) is 13.2. The molecule has 1 rings (SSSR count). The Labute approximate surface area is 105 Å². The molecule has 0 aromatic carbocycles. The highest BCUT2D eigenvalue weighted by molar-refractivity contribution is 9.10. The highest BCUT2D eigenvalue weighted by Gasteiger charge is 2.05. The van der Waals surface area contributed by atoms with Gasteiger partial charge in [0.15, 0.2) is 0 Å². The molecular formula is C12H17BrN2O. The zero-order valence-electron chi connectivity index (χ0n) is 9.72. The van der Waals surface area contributed by atoms with Crippen LogP contribution in [0.15, 0.2) is 16.7 Å². The molecule has 0 fully saturated rings. The number of unbranched alkanes of at least 4 members (excludes halogenated alkanes) is 2. The predicted octanol–water partition coefficient (Wildman–Crippen LogP) is 3.67. The second-order valence-electron chi connectivity index (χ2n) is 3.82. The number of pyridine rings is 1. The number of aromatic nitrogens is 1. The fraction of sp³-hybridized carbons (Fsp3) is 0.500. The summed E-state index contributed by atoms with van der Waals surface area (Å²) in [6, 6.07) is 1.94. The molecule has 4 heteroatoms. The van der Waals surface area contributed by atoms with Crippen LogP contribution in [0.1, 0.15) is 38.2 Å². The number of hydrogen-bond donors (Lipinski definition) is 1. The van der Waals surface area contributed by atoms with Crippen molar-refractivity contribution >= 4 is 27.7 Å². The van der Waals surface area contributed by atoms with Gasteiger partial charge in [0.1, 0.15) is 5.82 Å². The minimum Gasteiger partial charge on any atom is -0.310 e. The Morgan fingerprint density at radius 2 is 2.25 bits per heavy atom. The fourth-order valence-corrected chi connectivity index (χ4v) is 1.85.